The molecular weight excluding hydrogens is 257 g/mol. The molecule has 1 aromatic rings. The Morgan fingerprint density at radius 3 is 3.05 bits per heavy atom. The maximum absolute atomic E-state index is 13.0. The van der Waals surface area contributed by atoms with Gasteiger partial charge in [-0.1, -0.05) is 13.0 Å². The van der Waals surface area contributed by atoms with Crippen LogP contribution in [0.4, 0.5) is 10.1 Å². The van der Waals surface area contributed by atoms with E-state index < -0.39 is 0 Å². The number of nitrogens with one attached hydrogen (secondary N) is 1. The molecule has 110 valence electrons. The Balaban J connectivity index is 1.85. The summed E-state index contributed by atoms with van der Waals surface area (Å²) in [6, 6.07) is 5.94. The van der Waals surface area contributed by atoms with Gasteiger partial charge in [-0.15, -0.1) is 0 Å². The summed E-state index contributed by atoms with van der Waals surface area (Å²) in [6.45, 7) is 4.97. The van der Waals surface area contributed by atoms with Gasteiger partial charge in [-0.25, -0.2) is 4.39 Å². The lowest BCUT2D eigenvalue weighted by Gasteiger charge is -2.36. The van der Waals surface area contributed by atoms with E-state index in [4.69, 9.17) is 5.73 Å². The highest BCUT2D eigenvalue weighted by Crippen LogP contribution is 2.22. The van der Waals surface area contributed by atoms with Crippen LogP contribution in [-0.2, 0) is 4.79 Å². The van der Waals surface area contributed by atoms with E-state index in [0.717, 1.165) is 19.5 Å². The molecule has 0 radical (unpaired) electrons. The van der Waals surface area contributed by atoms with Gasteiger partial charge < -0.3 is 11.1 Å². The molecule has 1 fully saturated rings. The number of amides is 1. The number of likely N-dealkylation sites (tertiary alicyclic amines) is 1. The van der Waals surface area contributed by atoms with Crippen molar-refractivity contribution in [3.63, 3.8) is 0 Å². The fraction of sp³-hybridized carbons (Fsp3) is 0.533. The molecular formula is C15H22FN3O. The van der Waals surface area contributed by atoms with Crippen LogP contribution < -0.4 is 11.1 Å². The minimum absolute atomic E-state index is 0.110. The van der Waals surface area contributed by atoms with Gasteiger partial charge in [-0.3, -0.25) is 9.69 Å². The molecule has 3 N–H and O–H groups in total. The summed E-state index contributed by atoms with van der Waals surface area (Å²) in [4.78, 5) is 14.1. The van der Waals surface area contributed by atoms with Gasteiger partial charge in [0, 0.05) is 12.2 Å². The molecule has 2 rings (SSSR count). The molecule has 0 aliphatic carbocycles. The number of rotatable bonds is 4. The lowest BCUT2D eigenvalue weighted by Crippen LogP contribution is -2.45. The average Bonchev–Trinajstić information content (AvgIpc) is 2.41. The van der Waals surface area contributed by atoms with Crippen LogP contribution in [0.5, 0.6) is 0 Å². The average molecular weight is 279 g/mol. The lowest BCUT2D eigenvalue weighted by atomic mass is 9.87. The Morgan fingerprint density at radius 2 is 2.35 bits per heavy atom. The summed E-state index contributed by atoms with van der Waals surface area (Å²) in [5.41, 5.74) is 6.25. The van der Waals surface area contributed by atoms with E-state index in [1.165, 1.54) is 12.1 Å². The van der Waals surface area contributed by atoms with Crippen molar-refractivity contribution < 1.29 is 9.18 Å². The standard InChI is InChI=1S/C15H22FN3O/c1-11-5-6-19(9-12(11)8-17)10-15(20)18-14-4-2-3-13(16)7-14/h2-4,7,11-12H,5-6,8-10,17H2,1H3,(H,18,20). The second-order valence-corrected chi connectivity index (χ2v) is 5.56. The van der Waals surface area contributed by atoms with Gasteiger partial charge in [0.2, 0.25) is 5.91 Å². The summed E-state index contributed by atoms with van der Waals surface area (Å²) >= 11 is 0. The number of hydrogen-bond donors (Lipinski definition) is 2. The second kappa shape index (κ2) is 6.81. The highest BCUT2D eigenvalue weighted by atomic mass is 19.1. The Kier molecular flexibility index (Phi) is 5.09. The van der Waals surface area contributed by atoms with Crippen LogP contribution in [-0.4, -0.2) is 37.0 Å². The summed E-state index contributed by atoms with van der Waals surface area (Å²) in [5, 5.41) is 2.72. The minimum Gasteiger partial charge on any atom is -0.330 e. The predicted octanol–water partition coefficient (Wildman–Crippen LogP) is 1.68. The zero-order chi connectivity index (χ0) is 14.5. The molecule has 1 aromatic carbocycles. The van der Waals surface area contributed by atoms with E-state index in [1.54, 1.807) is 12.1 Å². The van der Waals surface area contributed by atoms with Gasteiger partial charge in [0.05, 0.1) is 6.54 Å². The van der Waals surface area contributed by atoms with Gasteiger partial charge in [0.15, 0.2) is 0 Å². The van der Waals surface area contributed by atoms with Crippen LogP contribution >= 0.6 is 0 Å². The first-order valence-electron chi connectivity index (χ1n) is 7.06. The van der Waals surface area contributed by atoms with Crippen molar-refractivity contribution in [1.29, 1.82) is 0 Å². The third-order valence-corrected chi connectivity index (χ3v) is 3.98. The summed E-state index contributed by atoms with van der Waals surface area (Å²) < 4.78 is 13.0. The lowest BCUT2D eigenvalue weighted by molar-refractivity contribution is -0.117. The number of benzene rings is 1. The quantitative estimate of drug-likeness (QED) is 0.881. The van der Waals surface area contributed by atoms with Gasteiger partial charge in [0.25, 0.3) is 0 Å². The SMILES string of the molecule is CC1CCN(CC(=O)Nc2cccc(F)c2)CC1CN. The molecule has 0 saturated carbocycles. The van der Waals surface area contributed by atoms with E-state index in [-0.39, 0.29) is 11.7 Å². The summed E-state index contributed by atoms with van der Waals surface area (Å²) in [5.74, 6) is 0.604. The fourth-order valence-corrected chi connectivity index (χ4v) is 2.65. The number of nitrogens with zero attached hydrogens (tertiary/aromatic N) is 1. The van der Waals surface area contributed by atoms with Crippen molar-refractivity contribution in [3.05, 3.63) is 30.1 Å². The third kappa shape index (κ3) is 4.02. The van der Waals surface area contributed by atoms with Crippen molar-refractivity contribution >= 4 is 11.6 Å². The molecule has 5 heteroatoms. The first-order chi connectivity index (χ1) is 9.58. The van der Waals surface area contributed by atoms with Gasteiger partial charge >= 0.3 is 0 Å². The molecule has 1 amide bonds. The molecule has 0 bridgehead atoms. The number of halogens is 1. The Labute approximate surface area is 119 Å². The highest BCUT2D eigenvalue weighted by molar-refractivity contribution is 5.92. The minimum atomic E-state index is -0.349. The first-order valence-corrected chi connectivity index (χ1v) is 7.06. The van der Waals surface area contributed by atoms with Gasteiger partial charge in [-0.2, -0.15) is 0 Å². The van der Waals surface area contributed by atoms with Crippen molar-refractivity contribution in [1.82, 2.24) is 4.90 Å². The molecule has 1 aliphatic rings. The molecule has 1 heterocycles. The summed E-state index contributed by atoms with van der Waals surface area (Å²) in [6.07, 6.45) is 1.06. The van der Waals surface area contributed by atoms with Crippen LogP contribution in [0.25, 0.3) is 0 Å². The van der Waals surface area contributed by atoms with E-state index in [2.05, 4.69) is 17.1 Å². The van der Waals surface area contributed by atoms with Crippen molar-refractivity contribution in [3.8, 4) is 0 Å². The topological polar surface area (TPSA) is 58.4 Å². The molecule has 2 atom stereocenters. The van der Waals surface area contributed by atoms with Crippen LogP contribution in [0.1, 0.15) is 13.3 Å². The number of piperidine rings is 1. The predicted molar refractivity (Wildman–Crippen MR) is 77.8 cm³/mol. The largest absolute Gasteiger partial charge is 0.330 e. The first kappa shape index (κ1) is 14.9. The Morgan fingerprint density at radius 1 is 1.55 bits per heavy atom. The van der Waals surface area contributed by atoms with E-state index >= 15 is 0 Å². The van der Waals surface area contributed by atoms with Gasteiger partial charge in [-0.05, 0) is 49.5 Å². The van der Waals surface area contributed by atoms with E-state index in [0.29, 0.717) is 30.6 Å². The Bertz CT molecular complexity index is 466. The number of hydrogen-bond acceptors (Lipinski definition) is 3. The number of anilines is 1. The molecule has 0 spiro atoms. The van der Waals surface area contributed by atoms with Crippen molar-refractivity contribution in [2.75, 3.05) is 31.5 Å². The maximum Gasteiger partial charge on any atom is 0.238 e. The van der Waals surface area contributed by atoms with Crippen LogP contribution in [0.2, 0.25) is 0 Å². The molecule has 0 aromatic heterocycles. The number of nitrogens with two attached hydrogens (primary N) is 1. The third-order valence-electron chi connectivity index (χ3n) is 3.98. The zero-order valence-electron chi connectivity index (χ0n) is 11.8. The van der Waals surface area contributed by atoms with Gasteiger partial charge in [0.1, 0.15) is 5.82 Å². The molecule has 1 saturated heterocycles. The zero-order valence-corrected chi connectivity index (χ0v) is 11.8. The molecule has 20 heavy (non-hydrogen) atoms. The fourth-order valence-electron chi connectivity index (χ4n) is 2.65. The monoisotopic (exact) mass is 279 g/mol. The molecule has 4 nitrogen and oxygen atoms in total. The smallest absolute Gasteiger partial charge is 0.238 e. The van der Waals surface area contributed by atoms with Crippen LogP contribution in [0.15, 0.2) is 24.3 Å². The molecule has 1 aliphatic heterocycles. The molecule has 2 unspecified atom stereocenters. The van der Waals surface area contributed by atoms with Crippen LogP contribution in [0, 0.1) is 17.7 Å². The second-order valence-electron chi connectivity index (χ2n) is 5.56. The van der Waals surface area contributed by atoms with E-state index in [1.807, 2.05) is 0 Å². The number of carbonyl (C=O) groups excluding carboxylic acids is 1. The van der Waals surface area contributed by atoms with Crippen LogP contribution in [0.3, 0.4) is 0 Å². The normalized spacial score (nSPS) is 23.6. The highest BCUT2D eigenvalue weighted by Gasteiger charge is 2.26. The van der Waals surface area contributed by atoms with E-state index in [9.17, 15) is 9.18 Å². The number of carbonyl (C=O) groups is 1. The summed E-state index contributed by atoms with van der Waals surface area (Å²) in [7, 11) is 0. The van der Waals surface area contributed by atoms with Crippen molar-refractivity contribution in [2.24, 2.45) is 17.6 Å². The maximum atomic E-state index is 13.0. The Hall–Kier alpha value is -1.46. The van der Waals surface area contributed by atoms with Crippen molar-refractivity contribution in [2.45, 2.75) is 13.3 Å².